The molecule has 0 atom stereocenters. The minimum Gasteiger partial charge on any atom is -0.494 e. The third-order valence-electron chi connectivity index (χ3n) is 2.58. The minimum atomic E-state index is -1.12. The molecule has 0 saturated carbocycles. The van der Waals surface area contributed by atoms with Crippen molar-refractivity contribution >= 4 is 11.7 Å². The van der Waals surface area contributed by atoms with Gasteiger partial charge in [-0.05, 0) is 12.1 Å². The molecule has 106 valence electrons. The standard InChI is InChI=1S/C12H13FN4O3/c1-20-11-3-2-8(6-9(11)13)14-4-5-17-7-10(12(18)19)15-16-17/h2-3,6-7,14H,4-5H2,1H3,(H,18,19). The van der Waals surface area contributed by atoms with E-state index in [2.05, 4.69) is 15.6 Å². The second kappa shape index (κ2) is 6.00. The van der Waals surface area contributed by atoms with Gasteiger partial charge in [-0.2, -0.15) is 0 Å². The van der Waals surface area contributed by atoms with E-state index in [0.29, 0.717) is 18.8 Å². The lowest BCUT2D eigenvalue weighted by molar-refractivity contribution is 0.0690. The molecule has 0 aliphatic rings. The van der Waals surface area contributed by atoms with Crippen LogP contribution in [0.5, 0.6) is 5.75 Å². The van der Waals surface area contributed by atoms with Crippen molar-refractivity contribution in [1.29, 1.82) is 0 Å². The van der Waals surface area contributed by atoms with Gasteiger partial charge < -0.3 is 15.2 Å². The number of nitrogens with one attached hydrogen (secondary N) is 1. The predicted octanol–water partition coefficient (Wildman–Crippen LogP) is 1.24. The Labute approximate surface area is 114 Å². The lowest BCUT2D eigenvalue weighted by Gasteiger charge is -2.08. The first-order chi connectivity index (χ1) is 9.60. The first-order valence-electron chi connectivity index (χ1n) is 5.81. The number of hydrogen-bond acceptors (Lipinski definition) is 5. The third kappa shape index (κ3) is 3.22. The summed E-state index contributed by atoms with van der Waals surface area (Å²) in [4.78, 5) is 10.6. The largest absolute Gasteiger partial charge is 0.494 e. The molecule has 0 aliphatic carbocycles. The number of aromatic carboxylic acids is 1. The number of benzene rings is 1. The number of nitrogens with zero attached hydrogens (tertiary/aromatic N) is 3. The maximum Gasteiger partial charge on any atom is 0.358 e. The summed E-state index contributed by atoms with van der Waals surface area (Å²) in [6, 6.07) is 4.53. The molecule has 8 heteroatoms. The van der Waals surface area contributed by atoms with Crippen LogP contribution in [0.2, 0.25) is 0 Å². The number of carboxylic acids is 1. The molecule has 1 aromatic carbocycles. The Hall–Kier alpha value is -2.64. The number of carbonyl (C=O) groups is 1. The average Bonchev–Trinajstić information content (AvgIpc) is 2.88. The molecular weight excluding hydrogens is 267 g/mol. The van der Waals surface area contributed by atoms with Crippen molar-refractivity contribution in [2.45, 2.75) is 6.54 Å². The number of ether oxygens (including phenoxy) is 1. The maximum atomic E-state index is 13.4. The van der Waals surface area contributed by atoms with Gasteiger partial charge in [-0.3, -0.25) is 0 Å². The highest BCUT2D eigenvalue weighted by molar-refractivity contribution is 5.84. The SMILES string of the molecule is COc1ccc(NCCn2cc(C(=O)O)nn2)cc1F. The molecule has 1 aromatic heterocycles. The minimum absolute atomic E-state index is 0.111. The Morgan fingerprint density at radius 2 is 2.35 bits per heavy atom. The van der Waals surface area contributed by atoms with Crippen LogP contribution in [-0.4, -0.2) is 39.7 Å². The van der Waals surface area contributed by atoms with E-state index in [0.717, 1.165) is 0 Å². The van der Waals surface area contributed by atoms with Crippen LogP contribution < -0.4 is 10.1 Å². The number of hydrogen-bond donors (Lipinski definition) is 2. The van der Waals surface area contributed by atoms with E-state index < -0.39 is 11.8 Å². The van der Waals surface area contributed by atoms with Crippen molar-refractivity contribution in [1.82, 2.24) is 15.0 Å². The van der Waals surface area contributed by atoms with E-state index in [1.165, 1.54) is 30.1 Å². The number of aromatic nitrogens is 3. The van der Waals surface area contributed by atoms with Gasteiger partial charge in [-0.1, -0.05) is 5.21 Å². The van der Waals surface area contributed by atoms with Gasteiger partial charge in [0.1, 0.15) is 0 Å². The van der Waals surface area contributed by atoms with Crippen LogP contribution in [0.1, 0.15) is 10.5 Å². The van der Waals surface area contributed by atoms with Crippen LogP contribution in [0.25, 0.3) is 0 Å². The van der Waals surface area contributed by atoms with Crippen molar-refractivity contribution in [3.8, 4) is 5.75 Å². The van der Waals surface area contributed by atoms with Crippen LogP contribution in [0.3, 0.4) is 0 Å². The van der Waals surface area contributed by atoms with E-state index in [-0.39, 0.29) is 11.4 Å². The highest BCUT2D eigenvalue weighted by Gasteiger charge is 2.08. The normalized spacial score (nSPS) is 10.3. The molecular formula is C12H13FN4O3. The summed E-state index contributed by atoms with van der Waals surface area (Å²) in [5, 5.41) is 18.8. The van der Waals surface area contributed by atoms with Crippen LogP contribution in [0, 0.1) is 5.82 Å². The summed E-state index contributed by atoms with van der Waals surface area (Å²) in [5.41, 5.74) is 0.488. The van der Waals surface area contributed by atoms with Crippen molar-refractivity contribution in [3.63, 3.8) is 0 Å². The molecule has 7 nitrogen and oxygen atoms in total. The van der Waals surface area contributed by atoms with E-state index in [1.54, 1.807) is 6.07 Å². The number of halogens is 1. The topological polar surface area (TPSA) is 89.3 Å². The maximum absolute atomic E-state index is 13.4. The Balaban J connectivity index is 1.89. The molecule has 0 unspecified atom stereocenters. The number of methoxy groups -OCH3 is 1. The summed E-state index contributed by atoms with van der Waals surface area (Å²) < 4.78 is 19.7. The lowest BCUT2D eigenvalue weighted by atomic mass is 10.3. The molecule has 0 bridgehead atoms. The number of carboxylic acid groups (broad SMARTS) is 1. The highest BCUT2D eigenvalue weighted by atomic mass is 19.1. The van der Waals surface area contributed by atoms with Crippen molar-refractivity contribution in [2.75, 3.05) is 19.0 Å². The molecule has 2 rings (SSSR count). The van der Waals surface area contributed by atoms with Gasteiger partial charge in [0.05, 0.1) is 19.9 Å². The first-order valence-corrected chi connectivity index (χ1v) is 5.81. The van der Waals surface area contributed by atoms with Gasteiger partial charge in [0.2, 0.25) is 0 Å². The van der Waals surface area contributed by atoms with E-state index in [9.17, 15) is 9.18 Å². The highest BCUT2D eigenvalue weighted by Crippen LogP contribution is 2.20. The fourth-order valence-corrected chi connectivity index (χ4v) is 1.60. The van der Waals surface area contributed by atoms with Crippen molar-refractivity contribution < 1.29 is 19.0 Å². The molecule has 0 saturated heterocycles. The molecule has 0 radical (unpaired) electrons. The summed E-state index contributed by atoms with van der Waals surface area (Å²) in [6.07, 6.45) is 1.33. The summed E-state index contributed by atoms with van der Waals surface area (Å²) in [6.45, 7) is 0.863. The Bertz CT molecular complexity index is 614. The molecule has 2 N–H and O–H groups in total. The summed E-state index contributed by atoms with van der Waals surface area (Å²) >= 11 is 0. The molecule has 0 spiro atoms. The summed E-state index contributed by atoms with van der Waals surface area (Å²) in [5.74, 6) is -1.40. The van der Waals surface area contributed by atoms with Gasteiger partial charge in [-0.15, -0.1) is 5.10 Å². The number of anilines is 1. The second-order valence-electron chi connectivity index (χ2n) is 3.95. The molecule has 0 amide bonds. The zero-order valence-corrected chi connectivity index (χ0v) is 10.7. The second-order valence-corrected chi connectivity index (χ2v) is 3.95. The average molecular weight is 280 g/mol. The van der Waals surface area contributed by atoms with Crippen molar-refractivity contribution in [2.24, 2.45) is 0 Å². The van der Waals surface area contributed by atoms with Crippen LogP contribution in [-0.2, 0) is 6.54 Å². The monoisotopic (exact) mass is 280 g/mol. The van der Waals surface area contributed by atoms with E-state index in [4.69, 9.17) is 9.84 Å². The molecule has 0 aliphatic heterocycles. The van der Waals surface area contributed by atoms with Crippen LogP contribution >= 0.6 is 0 Å². The first kappa shape index (κ1) is 13.8. The number of rotatable bonds is 6. The van der Waals surface area contributed by atoms with Crippen LogP contribution in [0.15, 0.2) is 24.4 Å². The lowest BCUT2D eigenvalue weighted by Crippen LogP contribution is -2.11. The van der Waals surface area contributed by atoms with Gasteiger partial charge in [-0.25, -0.2) is 13.9 Å². The Morgan fingerprint density at radius 1 is 1.55 bits per heavy atom. The van der Waals surface area contributed by atoms with Crippen molar-refractivity contribution in [3.05, 3.63) is 35.9 Å². The van der Waals surface area contributed by atoms with Crippen LogP contribution in [0.4, 0.5) is 10.1 Å². The molecule has 2 aromatic rings. The molecule has 1 heterocycles. The van der Waals surface area contributed by atoms with Gasteiger partial charge >= 0.3 is 5.97 Å². The zero-order valence-electron chi connectivity index (χ0n) is 10.7. The van der Waals surface area contributed by atoms with Gasteiger partial charge in [0.15, 0.2) is 17.3 Å². The predicted molar refractivity (Wildman–Crippen MR) is 68.4 cm³/mol. The zero-order chi connectivity index (χ0) is 14.5. The Morgan fingerprint density at radius 3 is 2.95 bits per heavy atom. The third-order valence-corrected chi connectivity index (χ3v) is 2.58. The fraction of sp³-hybridized carbons (Fsp3) is 0.250. The fourth-order valence-electron chi connectivity index (χ4n) is 1.60. The van der Waals surface area contributed by atoms with E-state index >= 15 is 0 Å². The van der Waals surface area contributed by atoms with Gasteiger partial charge in [0.25, 0.3) is 0 Å². The summed E-state index contributed by atoms with van der Waals surface area (Å²) in [7, 11) is 1.40. The Kier molecular flexibility index (Phi) is 4.14. The smallest absolute Gasteiger partial charge is 0.358 e. The van der Waals surface area contributed by atoms with E-state index in [1.807, 2.05) is 0 Å². The molecule has 20 heavy (non-hydrogen) atoms. The quantitative estimate of drug-likeness (QED) is 0.827. The molecule has 0 fully saturated rings. The van der Waals surface area contributed by atoms with Gasteiger partial charge in [0, 0.05) is 18.3 Å².